The van der Waals surface area contributed by atoms with Gasteiger partial charge >= 0.3 is 0 Å². The van der Waals surface area contributed by atoms with E-state index in [-0.39, 0.29) is 18.9 Å². The van der Waals surface area contributed by atoms with Gasteiger partial charge in [0, 0.05) is 6.42 Å². The van der Waals surface area contributed by atoms with Gasteiger partial charge in [-0.2, -0.15) is 0 Å². The molecule has 100 heavy (non-hydrogen) atoms. The van der Waals surface area contributed by atoms with E-state index in [1.807, 2.05) is 6.08 Å². The zero-order chi connectivity index (χ0) is 72.2. The molecule has 2 rings (SSSR count). The molecule has 0 spiro atoms. The van der Waals surface area contributed by atoms with Crippen LogP contribution in [0.2, 0.25) is 0 Å². The normalized spacial score (nSPS) is 22.5. The number of ether oxygens (including phenoxy) is 4. The number of hydrogen-bond donors (Lipinski definition) is 9. The first kappa shape index (κ1) is 92.5. The Hall–Kier alpha value is -3.61. The van der Waals surface area contributed by atoms with Crippen LogP contribution in [0.25, 0.3) is 0 Å². The summed E-state index contributed by atoms with van der Waals surface area (Å²) in [6.07, 6.45) is 84.2. The molecule has 0 aromatic rings. The Morgan fingerprint density at radius 1 is 0.370 bits per heavy atom. The van der Waals surface area contributed by atoms with Gasteiger partial charge in [-0.1, -0.05) is 334 Å². The van der Waals surface area contributed by atoms with Crippen LogP contribution in [0.5, 0.6) is 0 Å². The van der Waals surface area contributed by atoms with Crippen molar-refractivity contribution in [3.05, 3.63) is 122 Å². The van der Waals surface area contributed by atoms with E-state index in [4.69, 9.17) is 18.9 Å². The van der Waals surface area contributed by atoms with Crippen molar-refractivity contribution in [1.29, 1.82) is 0 Å². The molecule has 0 bridgehead atoms. The minimum atomic E-state index is -1.80. The highest BCUT2D eigenvalue weighted by atomic mass is 16.7. The Bertz CT molecular complexity index is 2150. The monoisotopic (exact) mass is 1400 g/mol. The van der Waals surface area contributed by atoms with Crippen molar-refractivity contribution in [3.63, 3.8) is 0 Å². The maximum absolute atomic E-state index is 13.4. The number of unbranched alkanes of at least 4 members (excludes halogenated alkanes) is 36. The second-order valence-corrected chi connectivity index (χ2v) is 28.1. The van der Waals surface area contributed by atoms with Gasteiger partial charge < -0.3 is 65.1 Å². The maximum Gasteiger partial charge on any atom is 0.220 e. The van der Waals surface area contributed by atoms with Crippen LogP contribution < -0.4 is 5.32 Å². The van der Waals surface area contributed by atoms with E-state index in [0.717, 1.165) is 89.9 Å². The summed E-state index contributed by atoms with van der Waals surface area (Å²) in [6.45, 7) is 2.69. The van der Waals surface area contributed by atoms with Crippen molar-refractivity contribution in [2.75, 3.05) is 19.8 Å². The molecule has 0 aromatic heterocycles. The molecule has 2 aliphatic rings. The maximum atomic E-state index is 13.4. The lowest BCUT2D eigenvalue weighted by atomic mass is 9.97. The molecular weight excluding hydrogens is 1250 g/mol. The van der Waals surface area contributed by atoms with Crippen molar-refractivity contribution in [2.45, 2.75) is 396 Å². The fraction of sp³-hybridized carbons (Fsp3) is 0.756. The van der Waals surface area contributed by atoms with Crippen molar-refractivity contribution in [1.82, 2.24) is 5.32 Å². The van der Waals surface area contributed by atoms with Gasteiger partial charge in [-0.25, -0.2) is 0 Å². The number of aliphatic hydroxyl groups excluding tert-OH is 8. The zero-order valence-electron chi connectivity index (χ0n) is 63.2. The van der Waals surface area contributed by atoms with Crippen LogP contribution in [-0.4, -0.2) is 140 Å². The SMILES string of the molecule is CC/C=C\C/C=C\C/C=C\C/C=C\C/C=C\C/C=C\C/C=C\CCCCCCCCCCCCCCCCCC(=O)NC(COC1OC(CO)C(OC2OC(CO)C(O)C(O)C2O)C(O)C1O)C(O)/C=C/CC/C=C/CC/C=C/CCCCCCCCCCCCCCCCCCCCC. The average molecular weight is 1410 g/mol. The summed E-state index contributed by atoms with van der Waals surface area (Å²) in [5, 5.41) is 87.7. The van der Waals surface area contributed by atoms with E-state index in [1.54, 1.807) is 6.08 Å². The number of carbonyl (C=O) groups is 1. The predicted molar refractivity (Wildman–Crippen MR) is 415 cm³/mol. The quantitative estimate of drug-likeness (QED) is 0.0204. The summed E-state index contributed by atoms with van der Waals surface area (Å²) in [5.41, 5.74) is 0. The lowest BCUT2D eigenvalue weighted by molar-refractivity contribution is -0.359. The van der Waals surface area contributed by atoms with Crippen LogP contribution in [0, 0.1) is 0 Å². The molecule has 9 N–H and O–H groups in total. The Labute approximate surface area is 609 Å². The fourth-order valence-electron chi connectivity index (χ4n) is 12.7. The van der Waals surface area contributed by atoms with Crippen LogP contribution in [0.3, 0.4) is 0 Å². The average Bonchev–Trinajstić information content (AvgIpc) is 0.791. The minimum Gasteiger partial charge on any atom is -0.394 e. The molecule has 14 heteroatoms. The molecule has 0 aliphatic carbocycles. The number of aliphatic hydroxyl groups is 8. The van der Waals surface area contributed by atoms with Crippen molar-refractivity contribution in [2.24, 2.45) is 0 Å². The number of nitrogens with one attached hydrogen (secondary N) is 1. The molecule has 2 fully saturated rings. The molecular formula is C86H149NO13. The van der Waals surface area contributed by atoms with Gasteiger partial charge in [0.05, 0.1) is 32.0 Å². The van der Waals surface area contributed by atoms with Gasteiger partial charge in [0.2, 0.25) is 5.91 Å². The van der Waals surface area contributed by atoms with Crippen LogP contribution in [0.15, 0.2) is 122 Å². The molecule has 576 valence electrons. The molecule has 12 unspecified atom stereocenters. The first-order valence-corrected chi connectivity index (χ1v) is 40.8. The molecule has 14 nitrogen and oxygen atoms in total. The van der Waals surface area contributed by atoms with Crippen LogP contribution >= 0.6 is 0 Å². The summed E-state index contributed by atoms with van der Waals surface area (Å²) >= 11 is 0. The van der Waals surface area contributed by atoms with Gasteiger partial charge in [-0.3, -0.25) is 4.79 Å². The highest BCUT2D eigenvalue weighted by Gasteiger charge is 2.51. The molecule has 1 amide bonds. The van der Waals surface area contributed by atoms with E-state index < -0.39 is 86.8 Å². The Kier molecular flexibility index (Phi) is 63.3. The Balaban J connectivity index is 1.63. The Morgan fingerprint density at radius 2 is 0.700 bits per heavy atom. The highest BCUT2D eigenvalue weighted by molar-refractivity contribution is 5.76. The van der Waals surface area contributed by atoms with E-state index >= 15 is 0 Å². The van der Waals surface area contributed by atoms with Crippen LogP contribution in [0.1, 0.15) is 322 Å². The molecule has 12 atom stereocenters. The van der Waals surface area contributed by atoms with Gasteiger partial charge in [0.15, 0.2) is 12.6 Å². The van der Waals surface area contributed by atoms with E-state index in [2.05, 4.69) is 129 Å². The van der Waals surface area contributed by atoms with Crippen molar-refractivity contribution in [3.8, 4) is 0 Å². The zero-order valence-corrected chi connectivity index (χ0v) is 63.2. The number of carbonyl (C=O) groups excluding carboxylic acids is 1. The highest BCUT2D eigenvalue weighted by Crippen LogP contribution is 2.30. The fourth-order valence-corrected chi connectivity index (χ4v) is 12.7. The van der Waals surface area contributed by atoms with E-state index in [0.29, 0.717) is 12.8 Å². The van der Waals surface area contributed by atoms with Gasteiger partial charge in [0.1, 0.15) is 48.8 Å². The van der Waals surface area contributed by atoms with Gasteiger partial charge in [-0.15, -0.1) is 0 Å². The van der Waals surface area contributed by atoms with Crippen molar-refractivity contribution >= 4 is 5.91 Å². The van der Waals surface area contributed by atoms with Gasteiger partial charge in [0.25, 0.3) is 0 Å². The standard InChI is InChI=1S/C86H149NO13/c1-3-5-7-9-11-13-15-17-19-21-23-25-27-29-31-33-34-35-36-37-38-39-40-42-44-46-48-50-52-54-56-58-60-62-64-66-68-70-78(91)87-74(73-97-85-83(96)81(94)84(77(72-89)99-85)100-86-82(95)80(93)79(92)76(71-88)98-86)75(90)69-67-65-63-61-59-57-55-53-51-49-47-45-43-41-32-30-28-26-24-22-20-18-16-14-12-10-8-6-4-2/h5,7,11,13,17,19,23,25,29,31,34-35,37-38,51,53,59,61,67,69,74-77,79-86,88-90,92-96H,3-4,6,8-10,12,14-16,18,20-22,24,26-28,30,32-33,36,39-50,52,54-58,60,62-66,68,70-73H2,1-2H3,(H,87,91)/b7-5-,13-11-,19-17-,25-23-,31-29-,35-34-,38-37-,53-51+,61-59+,69-67+. The van der Waals surface area contributed by atoms with Crippen LogP contribution in [-0.2, 0) is 23.7 Å². The third kappa shape index (κ3) is 50.7. The smallest absolute Gasteiger partial charge is 0.220 e. The van der Waals surface area contributed by atoms with Crippen molar-refractivity contribution < 1.29 is 64.6 Å². The van der Waals surface area contributed by atoms with E-state index in [1.165, 1.54) is 199 Å². The third-order valence-electron chi connectivity index (χ3n) is 19.1. The molecule has 0 aromatic carbocycles. The lowest BCUT2D eigenvalue weighted by Gasteiger charge is -2.46. The first-order valence-electron chi connectivity index (χ1n) is 40.8. The number of amides is 1. The first-order chi connectivity index (χ1) is 49.1. The molecule has 2 saturated heterocycles. The van der Waals surface area contributed by atoms with E-state index in [9.17, 15) is 45.6 Å². The summed E-state index contributed by atoms with van der Waals surface area (Å²) in [6, 6.07) is -0.947. The predicted octanol–water partition coefficient (Wildman–Crippen LogP) is 18.8. The largest absolute Gasteiger partial charge is 0.394 e. The topological polar surface area (TPSA) is 228 Å². The molecule has 2 heterocycles. The van der Waals surface area contributed by atoms with Gasteiger partial charge in [-0.05, 0) is 103 Å². The summed E-state index contributed by atoms with van der Waals surface area (Å²) < 4.78 is 22.9. The second kappa shape index (κ2) is 68.5. The third-order valence-corrected chi connectivity index (χ3v) is 19.1. The summed E-state index contributed by atoms with van der Waals surface area (Å²) in [4.78, 5) is 13.4. The molecule has 2 aliphatic heterocycles. The minimum absolute atomic E-state index is 0.254. The Morgan fingerprint density at radius 3 is 1.10 bits per heavy atom. The summed E-state index contributed by atoms with van der Waals surface area (Å²) in [5.74, 6) is -0.254. The molecule has 0 radical (unpaired) electrons. The second-order valence-electron chi connectivity index (χ2n) is 28.1. The summed E-state index contributed by atoms with van der Waals surface area (Å²) in [7, 11) is 0. The lowest BCUT2D eigenvalue weighted by Crippen LogP contribution is -2.65. The molecule has 0 saturated carbocycles. The number of allylic oxidation sites excluding steroid dienone is 19. The van der Waals surface area contributed by atoms with Crippen LogP contribution in [0.4, 0.5) is 0 Å². The number of rotatable bonds is 67. The number of hydrogen-bond acceptors (Lipinski definition) is 13.